The van der Waals surface area contributed by atoms with Gasteiger partial charge in [0.1, 0.15) is 12.7 Å². The van der Waals surface area contributed by atoms with Crippen LogP contribution in [0.15, 0.2) is 55.5 Å². The summed E-state index contributed by atoms with van der Waals surface area (Å²) in [7, 11) is 0. The van der Waals surface area contributed by atoms with E-state index in [1.54, 1.807) is 31.0 Å². The van der Waals surface area contributed by atoms with Gasteiger partial charge in [0.25, 0.3) is 0 Å². The van der Waals surface area contributed by atoms with Crippen molar-refractivity contribution in [2.75, 3.05) is 31.5 Å². The number of carbonyl (C=O) groups excluding carboxylic acids is 1. The normalized spacial score (nSPS) is 14.9. The maximum Gasteiger partial charge on any atom is 0.322 e. The molecule has 1 fully saturated rings. The molecular weight excluding hydrogens is 344 g/mol. The number of piperazine rings is 1. The van der Waals surface area contributed by atoms with Gasteiger partial charge in [0.2, 0.25) is 0 Å². The molecule has 0 bridgehead atoms. The van der Waals surface area contributed by atoms with Crippen LogP contribution in [0.3, 0.4) is 0 Å². The second kappa shape index (κ2) is 7.92. The number of hydrogen-bond acceptors (Lipinski definition) is 6. The van der Waals surface area contributed by atoms with E-state index in [-0.39, 0.29) is 6.03 Å². The molecule has 0 aliphatic carbocycles. The lowest BCUT2D eigenvalue weighted by Gasteiger charge is -2.34. The fraction of sp³-hybridized carbons (Fsp3) is 0.278. The third kappa shape index (κ3) is 4.09. The summed E-state index contributed by atoms with van der Waals surface area (Å²) in [4.78, 5) is 29.1. The quantitative estimate of drug-likeness (QED) is 0.752. The molecule has 0 radical (unpaired) electrons. The molecule has 0 aromatic carbocycles. The molecule has 9 nitrogen and oxygen atoms in total. The number of aromatic nitrogens is 5. The van der Waals surface area contributed by atoms with Crippen LogP contribution < -0.4 is 5.32 Å². The van der Waals surface area contributed by atoms with Crippen LogP contribution in [-0.4, -0.2) is 66.7 Å². The van der Waals surface area contributed by atoms with Gasteiger partial charge >= 0.3 is 6.03 Å². The van der Waals surface area contributed by atoms with E-state index < -0.39 is 0 Å². The van der Waals surface area contributed by atoms with Crippen molar-refractivity contribution < 1.29 is 4.79 Å². The van der Waals surface area contributed by atoms with E-state index in [4.69, 9.17) is 0 Å². The van der Waals surface area contributed by atoms with E-state index in [2.05, 4.69) is 30.3 Å². The van der Waals surface area contributed by atoms with E-state index in [0.717, 1.165) is 19.6 Å². The second-order valence-corrected chi connectivity index (χ2v) is 6.26. The van der Waals surface area contributed by atoms with Gasteiger partial charge in [0.05, 0.1) is 5.69 Å². The monoisotopic (exact) mass is 364 g/mol. The van der Waals surface area contributed by atoms with E-state index >= 15 is 0 Å². The molecular formula is C18H20N8O. The smallest absolute Gasteiger partial charge is 0.322 e. The summed E-state index contributed by atoms with van der Waals surface area (Å²) in [5.74, 6) is 0.541. The molecule has 3 aromatic rings. The minimum absolute atomic E-state index is 0.132. The SMILES string of the molecule is O=C(Nc1cccnc1-n1cncn1)N1CCN(Cc2ccncc2)CC1. The van der Waals surface area contributed by atoms with Gasteiger partial charge in [-0.2, -0.15) is 5.10 Å². The van der Waals surface area contributed by atoms with E-state index in [1.807, 2.05) is 23.1 Å². The van der Waals surface area contributed by atoms with Crippen LogP contribution in [0, 0.1) is 0 Å². The van der Waals surface area contributed by atoms with Crippen molar-refractivity contribution in [3.63, 3.8) is 0 Å². The van der Waals surface area contributed by atoms with Gasteiger partial charge in [0.15, 0.2) is 5.82 Å². The van der Waals surface area contributed by atoms with Gasteiger partial charge in [-0.1, -0.05) is 0 Å². The summed E-state index contributed by atoms with van der Waals surface area (Å²) in [5.41, 5.74) is 1.84. The first-order chi connectivity index (χ1) is 13.3. The molecule has 2 amide bonds. The Balaban J connectivity index is 1.35. The average Bonchev–Trinajstić information content (AvgIpc) is 3.24. The molecule has 0 saturated carbocycles. The molecule has 1 saturated heterocycles. The summed E-state index contributed by atoms with van der Waals surface area (Å²) in [6.45, 7) is 3.89. The molecule has 4 heterocycles. The summed E-state index contributed by atoms with van der Waals surface area (Å²) < 4.78 is 1.53. The Morgan fingerprint density at radius 3 is 2.59 bits per heavy atom. The Labute approximate surface area is 156 Å². The molecule has 9 heteroatoms. The molecule has 4 rings (SSSR count). The van der Waals surface area contributed by atoms with Crippen molar-refractivity contribution in [2.24, 2.45) is 0 Å². The highest BCUT2D eigenvalue weighted by Crippen LogP contribution is 2.17. The molecule has 0 atom stereocenters. The van der Waals surface area contributed by atoms with Crippen molar-refractivity contribution in [3.8, 4) is 5.82 Å². The minimum atomic E-state index is -0.132. The Bertz CT molecular complexity index is 875. The lowest BCUT2D eigenvalue weighted by molar-refractivity contribution is 0.143. The number of nitrogens with zero attached hydrogens (tertiary/aromatic N) is 7. The molecule has 3 aromatic heterocycles. The van der Waals surface area contributed by atoms with Gasteiger partial charge in [0, 0.05) is 51.3 Å². The van der Waals surface area contributed by atoms with Gasteiger partial charge in [-0.05, 0) is 29.8 Å². The fourth-order valence-corrected chi connectivity index (χ4v) is 3.04. The Hall–Kier alpha value is -3.33. The van der Waals surface area contributed by atoms with E-state index in [9.17, 15) is 4.79 Å². The largest absolute Gasteiger partial charge is 0.322 e. The fourth-order valence-electron chi connectivity index (χ4n) is 3.04. The third-order valence-corrected chi connectivity index (χ3v) is 4.48. The number of anilines is 1. The maximum atomic E-state index is 12.7. The highest BCUT2D eigenvalue weighted by atomic mass is 16.2. The Morgan fingerprint density at radius 2 is 1.85 bits per heavy atom. The maximum absolute atomic E-state index is 12.7. The third-order valence-electron chi connectivity index (χ3n) is 4.48. The summed E-state index contributed by atoms with van der Waals surface area (Å²) in [6.07, 6.45) is 8.25. The number of nitrogens with one attached hydrogen (secondary N) is 1. The van der Waals surface area contributed by atoms with Crippen LogP contribution in [0.5, 0.6) is 0 Å². The van der Waals surface area contributed by atoms with Crippen LogP contribution in [0.25, 0.3) is 5.82 Å². The zero-order valence-corrected chi connectivity index (χ0v) is 14.8. The highest BCUT2D eigenvalue weighted by Gasteiger charge is 2.22. The summed E-state index contributed by atoms with van der Waals surface area (Å²) in [6, 6.07) is 7.50. The summed E-state index contributed by atoms with van der Waals surface area (Å²) >= 11 is 0. The van der Waals surface area contributed by atoms with Gasteiger partial charge in [-0.25, -0.2) is 19.4 Å². The van der Waals surface area contributed by atoms with E-state index in [1.165, 1.54) is 16.6 Å². The molecule has 1 aliphatic heterocycles. The van der Waals surface area contributed by atoms with Crippen LogP contribution >= 0.6 is 0 Å². The number of pyridine rings is 2. The lowest BCUT2D eigenvalue weighted by Crippen LogP contribution is -2.49. The zero-order chi connectivity index (χ0) is 18.5. The molecule has 138 valence electrons. The van der Waals surface area contributed by atoms with Crippen molar-refractivity contribution in [1.82, 2.24) is 34.5 Å². The van der Waals surface area contributed by atoms with Gasteiger partial charge < -0.3 is 10.2 Å². The minimum Gasteiger partial charge on any atom is -0.322 e. The molecule has 0 spiro atoms. The first kappa shape index (κ1) is 17.1. The van der Waals surface area contributed by atoms with E-state index in [0.29, 0.717) is 24.6 Å². The number of carbonyl (C=O) groups is 1. The van der Waals surface area contributed by atoms with Crippen LogP contribution in [0.1, 0.15) is 5.56 Å². The summed E-state index contributed by atoms with van der Waals surface area (Å²) in [5, 5.41) is 7.03. The zero-order valence-electron chi connectivity index (χ0n) is 14.8. The molecule has 0 unspecified atom stereocenters. The first-order valence-electron chi connectivity index (χ1n) is 8.77. The highest BCUT2D eigenvalue weighted by molar-refractivity contribution is 5.91. The standard InChI is InChI=1S/C18H20N8O/c27-18(23-16-2-1-5-21-17(16)26-14-20-13-22-26)25-10-8-24(9-11-25)12-15-3-6-19-7-4-15/h1-7,13-14H,8-12H2,(H,23,27). The van der Waals surface area contributed by atoms with Gasteiger partial charge in [-0.3, -0.25) is 9.88 Å². The van der Waals surface area contributed by atoms with Crippen molar-refractivity contribution in [3.05, 3.63) is 61.1 Å². The number of amides is 2. The van der Waals surface area contributed by atoms with Crippen LogP contribution in [-0.2, 0) is 6.54 Å². The average molecular weight is 364 g/mol. The van der Waals surface area contributed by atoms with Crippen molar-refractivity contribution in [2.45, 2.75) is 6.54 Å². The Morgan fingerprint density at radius 1 is 1.04 bits per heavy atom. The Kier molecular flexibility index (Phi) is 5.01. The molecule has 1 aliphatic rings. The van der Waals surface area contributed by atoms with Crippen molar-refractivity contribution >= 4 is 11.7 Å². The topological polar surface area (TPSA) is 92.1 Å². The predicted molar refractivity (Wildman–Crippen MR) is 99.3 cm³/mol. The second-order valence-electron chi connectivity index (χ2n) is 6.26. The lowest BCUT2D eigenvalue weighted by atomic mass is 10.2. The van der Waals surface area contributed by atoms with Crippen molar-refractivity contribution in [1.29, 1.82) is 0 Å². The molecule has 1 N–H and O–H groups in total. The first-order valence-corrected chi connectivity index (χ1v) is 8.77. The van der Waals surface area contributed by atoms with Gasteiger partial charge in [-0.15, -0.1) is 0 Å². The number of rotatable bonds is 4. The van der Waals surface area contributed by atoms with Crippen LogP contribution in [0.2, 0.25) is 0 Å². The number of hydrogen-bond donors (Lipinski definition) is 1. The predicted octanol–water partition coefficient (Wildman–Crippen LogP) is 1.41. The number of urea groups is 1. The molecule has 27 heavy (non-hydrogen) atoms. The van der Waals surface area contributed by atoms with Crippen LogP contribution in [0.4, 0.5) is 10.5 Å².